The van der Waals surface area contributed by atoms with Gasteiger partial charge in [0.15, 0.2) is 5.65 Å². The van der Waals surface area contributed by atoms with Crippen LogP contribution in [-0.4, -0.2) is 14.6 Å². The van der Waals surface area contributed by atoms with Gasteiger partial charge < -0.3 is 5.32 Å². The molecule has 0 aliphatic rings. The van der Waals surface area contributed by atoms with Gasteiger partial charge in [0.05, 0.1) is 17.7 Å². The fourth-order valence-electron chi connectivity index (χ4n) is 2.02. The molecule has 0 radical (unpaired) electrons. The Kier molecular flexibility index (Phi) is 3.05. The number of nitrogens with zero attached hydrogens (tertiary/aromatic N) is 4. The molecule has 0 fully saturated rings. The van der Waals surface area contributed by atoms with Crippen molar-refractivity contribution in [1.82, 2.24) is 14.6 Å². The van der Waals surface area contributed by atoms with E-state index in [1.165, 1.54) is 0 Å². The van der Waals surface area contributed by atoms with Crippen LogP contribution in [0.3, 0.4) is 0 Å². The van der Waals surface area contributed by atoms with Crippen LogP contribution in [0.1, 0.15) is 24.1 Å². The van der Waals surface area contributed by atoms with Crippen molar-refractivity contribution < 1.29 is 0 Å². The molecule has 2 heterocycles. The quantitative estimate of drug-likeness (QED) is 0.789. The van der Waals surface area contributed by atoms with Gasteiger partial charge >= 0.3 is 0 Å². The molecule has 20 heavy (non-hydrogen) atoms. The predicted octanol–water partition coefficient (Wildman–Crippen LogP) is 2.77. The number of aromatic nitrogens is 3. The Balaban J connectivity index is 1.80. The maximum atomic E-state index is 8.79. The summed E-state index contributed by atoms with van der Waals surface area (Å²) in [7, 11) is 0. The van der Waals surface area contributed by atoms with Crippen LogP contribution < -0.4 is 5.32 Å². The van der Waals surface area contributed by atoms with Crippen LogP contribution in [0.2, 0.25) is 0 Å². The molecule has 1 N–H and O–H groups in total. The highest BCUT2D eigenvalue weighted by Crippen LogP contribution is 2.17. The molecule has 3 aromatic rings. The number of fused-ring (bicyclic) bond motifs is 1. The van der Waals surface area contributed by atoms with Gasteiger partial charge in [-0.15, -0.1) is 5.10 Å². The summed E-state index contributed by atoms with van der Waals surface area (Å²) in [6.45, 7) is 2.03. The van der Waals surface area contributed by atoms with E-state index >= 15 is 0 Å². The second kappa shape index (κ2) is 5.02. The molecule has 5 nitrogen and oxygen atoms in total. The first kappa shape index (κ1) is 12.2. The zero-order valence-electron chi connectivity index (χ0n) is 11.0. The van der Waals surface area contributed by atoms with Crippen LogP contribution in [-0.2, 0) is 0 Å². The summed E-state index contributed by atoms with van der Waals surface area (Å²) in [6, 6.07) is 15.4. The Morgan fingerprint density at radius 1 is 1.20 bits per heavy atom. The third-order valence-corrected chi connectivity index (χ3v) is 3.13. The molecule has 0 aliphatic carbocycles. The minimum absolute atomic E-state index is 0.0696. The summed E-state index contributed by atoms with van der Waals surface area (Å²) in [5.41, 5.74) is 2.55. The molecular weight excluding hydrogens is 250 g/mol. The van der Waals surface area contributed by atoms with Crippen molar-refractivity contribution in [2.24, 2.45) is 0 Å². The molecule has 1 aromatic carbocycles. The minimum atomic E-state index is 0.0696. The number of anilines is 1. The molecule has 0 spiro atoms. The van der Waals surface area contributed by atoms with Gasteiger partial charge in [-0.3, -0.25) is 0 Å². The van der Waals surface area contributed by atoms with Gasteiger partial charge in [-0.25, -0.2) is 4.52 Å². The smallest absolute Gasteiger partial charge is 0.243 e. The Morgan fingerprint density at radius 3 is 2.70 bits per heavy atom. The average molecular weight is 263 g/mol. The maximum absolute atomic E-state index is 8.79. The van der Waals surface area contributed by atoms with Crippen molar-refractivity contribution in [3.05, 3.63) is 59.8 Å². The number of hydrogen-bond acceptors (Lipinski definition) is 4. The standard InChI is InChI=1S/C15H13N5/c1-11(13-7-5-12(10-16)6-8-13)17-15-18-14-4-2-3-9-20(14)19-15/h2-9,11H,1H3,(H,17,19). The Hall–Kier alpha value is -2.87. The van der Waals surface area contributed by atoms with E-state index in [0.29, 0.717) is 11.5 Å². The number of nitriles is 1. The first-order valence-corrected chi connectivity index (χ1v) is 6.34. The molecule has 1 atom stereocenters. The van der Waals surface area contributed by atoms with E-state index in [2.05, 4.69) is 21.5 Å². The van der Waals surface area contributed by atoms with Crippen molar-refractivity contribution in [3.8, 4) is 6.07 Å². The van der Waals surface area contributed by atoms with E-state index in [1.807, 2.05) is 55.6 Å². The average Bonchev–Trinajstić information content (AvgIpc) is 2.89. The first-order chi connectivity index (χ1) is 9.76. The third kappa shape index (κ3) is 2.31. The van der Waals surface area contributed by atoms with Crippen molar-refractivity contribution in [1.29, 1.82) is 5.26 Å². The lowest BCUT2D eigenvalue weighted by Crippen LogP contribution is -2.07. The number of benzene rings is 1. The van der Waals surface area contributed by atoms with Crippen LogP contribution >= 0.6 is 0 Å². The van der Waals surface area contributed by atoms with Crippen molar-refractivity contribution >= 4 is 11.6 Å². The number of hydrogen-bond donors (Lipinski definition) is 1. The number of pyridine rings is 1. The highest BCUT2D eigenvalue weighted by Gasteiger charge is 2.09. The molecule has 0 aliphatic heterocycles. The zero-order valence-corrected chi connectivity index (χ0v) is 11.0. The van der Waals surface area contributed by atoms with Crippen molar-refractivity contribution in [3.63, 3.8) is 0 Å². The monoisotopic (exact) mass is 263 g/mol. The van der Waals surface area contributed by atoms with Crippen LogP contribution in [0.15, 0.2) is 48.7 Å². The van der Waals surface area contributed by atoms with E-state index in [-0.39, 0.29) is 6.04 Å². The van der Waals surface area contributed by atoms with E-state index in [1.54, 1.807) is 4.52 Å². The van der Waals surface area contributed by atoms with Crippen molar-refractivity contribution in [2.45, 2.75) is 13.0 Å². The Morgan fingerprint density at radius 2 is 2.00 bits per heavy atom. The fraction of sp³-hybridized carbons (Fsp3) is 0.133. The maximum Gasteiger partial charge on any atom is 0.243 e. The molecule has 3 rings (SSSR count). The first-order valence-electron chi connectivity index (χ1n) is 6.34. The molecule has 0 saturated heterocycles. The summed E-state index contributed by atoms with van der Waals surface area (Å²) >= 11 is 0. The minimum Gasteiger partial charge on any atom is -0.346 e. The third-order valence-electron chi connectivity index (χ3n) is 3.13. The predicted molar refractivity (Wildman–Crippen MR) is 76.2 cm³/mol. The summed E-state index contributed by atoms with van der Waals surface area (Å²) in [6.07, 6.45) is 1.86. The van der Waals surface area contributed by atoms with Crippen molar-refractivity contribution in [2.75, 3.05) is 5.32 Å². The van der Waals surface area contributed by atoms with Crippen LogP contribution in [0, 0.1) is 11.3 Å². The lowest BCUT2D eigenvalue weighted by molar-refractivity contribution is 0.852. The second-order valence-electron chi connectivity index (χ2n) is 4.54. The molecule has 5 heteroatoms. The number of rotatable bonds is 3. The summed E-state index contributed by atoms with van der Waals surface area (Å²) in [5.74, 6) is 0.591. The molecule has 0 amide bonds. The molecule has 2 aromatic heterocycles. The zero-order chi connectivity index (χ0) is 13.9. The van der Waals surface area contributed by atoms with E-state index in [9.17, 15) is 0 Å². The molecule has 0 bridgehead atoms. The molecule has 0 saturated carbocycles. The molecule has 1 unspecified atom stereocenters. The Labute approximate surface area is 116 Å². The second-order valence-corrected chi connectivity index (χ2v) is 4.54. The summed E-state index contributed by atoms with van der Waals surface area (Å²) < 4.78 is 1.73. The van der Waals surface area contributed by atoms with Gasteiger partial charge in [-0.05, 0) is 36.8 Å². The normalized spacial score (nSPS) is 12.0. The summed E-state index contributed by atoms with van der Waals surface area (Å²) in [4.78, 5) is 4.40. The topological polar surface area (TPSA) is 66.0 Å². The van der Waals surface area contributed by atoms with Crippen LogP contribution in [0.5, 0.6) is 0 Å². The highest BCUT2D eigenvalue weighted by atomic mass is 15.3. The van der Waals surface area contributed by atoms with Gasteiger partial charge in [0.1, 0.15) is 0 Å². The van der Waals surface area contributed by atoms with E-state index < -0.39 is 0 Å². The lowest BCUT2D eigenvalue weighted by atomic mass is 10.1. The molecular formula is C15H13N5. The van der Waals surface area contributed by atoms with Gasteiger partial charge in [0.2, 0.25) is 5.95 Å². The van der Waals surface area contributed by atoms with Crippen LogP contribution in [0.25, 0.3) is 5.65 Å². The Bertz CT molecular complexity index is 734. The largest absolute Gasteiger partial charge is 0.346 e. The van der Waals surface area contributed by atoms with Gasteiger partial charge in [-0.2, -0.15) is 10.2 Å². The van der Waals surface area contributed by atoms with Gasteiger partial charge in [0.25, 0.3) is 0 Å². The van der Waals surface area contributed by atoms with Gasteiger partial charge in [0, 0.05) is 6.20 Å². The van der Waals surface area contributed by atoms with E-state index in [4.69, 9.17) is 5.26 Å². The lowest BCUT2D eigenvalue weighted by Gasteiger charge is -2.12. The SMILES string of the molecule is CC(Nc1nc2ccccn2n1)c1ccc(C#N)cc1. The van der Waals surface area contributed by atoms with Crippen LogP contribution in [0.4, 0.5) is 5.95 Å². The summed E-state index contributed by atoms with van der Waals surface area (Å²) in [5, 5.41) is 16.4. The van der Waals surface area contributed by atoms with Gasteiger partial charge in [-0.1, -0.05) is 18.2 Å². The van der Waals surface area contributed by atoms with E-state index in [0.717, 1.165) is 11.2 Å². The fourth-order valence-corrected chi connectivity index (χ4v) is 2.02. The number of nitrogens with one attached hydrogen (secondary N) is 1. The molecule has 98 valence electrons. The highest BCUT2D eigenvalue weighted by molar-refractivity contribution is 5.44.